The van der Waals surface area contributed by atoms with E-state index in [1.807, 2.05) is 39.3 Å². The first-order valence-electron chi connectivity index (χ1n) is 22.0. The zero-order chi connectivity index (χ0) is 41.4. The molecule has 3 aromatic carbocycles. The number of furan rings is 2. The number of benzene rings is 3. The number of nitrogens with one attached hydrogen (secondary N) is 3. The van der Waals surface area contributed by atoms with Crippen molar-refractivity contribution in [2.75, 3.05) is 40.8 Å². The SMILES string of the molecule is CNCC[C@H](Oc1cccc2c1CCC2)c1ccco1.CNCC[C@H](Oc1cccc2c1CCC2)c1ccoc1.CNCC[C@H](Oc1cccc2c1CCC2)c1ccsc1. The molecule has 3 aliphatic carbocycles. The lowest BCUT2D eigenvalue weighted by Crippen LogP contribution is -2.16. The molecule has 0 aliphatic heterocycles. The van der Waals surface area contributed by atoms with E-state index in [4.69, 9.17) is 23.0 Å². The number of hydrogen-bond acceptors (Lipinski definition) is 9. The Morgan fingerprint density at radius 1 is 0.533 bits per heavy atom. The molecule has 3 heterocycles. The highest BCUT2D eigenvalue weighted by Crippen LogP contribution is 2.37. The predicted octanol–water partition coefficient (Wildman–Crippen LogP) is 11.0. The molecule has 3 N–H and O–H groups in total. The van der Waals surface area contributed by atoms with Crippen molar-refractivity contribution < 1.29 is 23.0 Å². The summed E-state index contributed by atoms with van der Waals surface area (Å²) >= 11 is 1.74. The van der Waals surface area contributed by atoms with Crippen molar-refractivity contribution in [2.45, 2.75) is 95.4 Å². The molecule has 3 atom stereocenters. The molecule has 9 rings (SSSR count). The third-order valence-corrected chi connectivity index (χ3v) is 12.5. The van der Waals surface area contributed by atoms with Gasteiger partial charge in [0.2, 0.25) is 0 Å². The maximum absolute atomic E-state index is 6.37. The smallest absolute Gasteiger partial charge is 0.157 e. The molecule has 3 aliphatic rings. The second-order valence-electron chi connectivity index (χ2n) is 15.9. The van der Waals surface area contributed by atoms with Gasteiger partial charge in [0.25, 0.3) is 0 Å². The van der Waals surface area contributed by atoms with E-state index >= 15 is 0 Å². The first-order chi connectivity index (χ1) is 29.6. The zero-order valence-electron chi connectivity index (χ0n) is 35.7. The molecule has 6 aromatic rings. The number of rotatable bonds is 18. The maximum atomic E-state index is 6.37. The molecule has 318 valence electrons. The lowest BCUT2D eigenvalue weighted by molar-refractivity contribution is 0.165. The molecule has 0 fully saturated rings. The van der Waals surface area contributed by atoms with Gasteiger partial charge >= 0.3 is 0 Å². The minimum Gasteiger partial charge on any atom is -0.485 e. The fourth-order valence-corrected chi connectivity index (χ4v) is 9.31. The van der Waals surface area contributed by atoms with Gasteiger partial charge in [0.05, 0.1) is 18.8 Å². The Morgan fingerprint density at radius 2 is 1.03 bits per heavy atom. The number of aryl methyl sites for hydroxylation is 3. The van der Waals surface area contributed by atoms with Crippen LogP contribution in [0.5, 0.6) is 17.2 Å². The number of thiophene rings is 1. The van der Waals surface area contributed by atoms with Gasteiger partial charge in [0.15, 0.2) is 6.10 Å². The summed E-state index contributed by atoms with van der Waals surface area (Å²) in [6.07, 6.45) is 18.9. The van der Waals surface area contributed by atoms with Crippen molar-refractivity contribution in [2.24, 2.45) is 0 Å². The highest BCUT2D eigenvalue weighted by molar-refractivity contribution is 7.08. The lowest BCUT2D eigenvalue weighted by Gasteiger charge is -2.20. The summed E-state index contributed by atoms with van der Waals surface area (Å²) in [5, 5.41) is 13.9. The van der Waals surface area contributed by atoms with Crippen molar-refractivity contribution in [3.8, 4) is 17.2 Å². The highest BCUT2D eigenvalue weighted by atomic mass is 32.1. The minimum absolute atomic E-state index is 0.0236. The molecular formula is C51H63N3O5S. The van der Waals surface area contributed by atoms with E-state index in [9.17, 15) is 0 Å². The van der Waals surface area contributed by atoms with Gasteiger partial charge in [-0.05, 0) is 185 Å². The standard InChI is InChI=1S/2C17H21NO2.C17H21NOS/c1-18-11-10-17(16-9-4-12-19-16)20-15-8-3-6-13-5-2-7-14(13)15;1-18-10-8-16(14-9-11-19-12-14)20-17-7-3-5-13-4-2-6-15(13)17;1-18-10-8-16(14-9-11-20-12-14)19-17-7-3-5-13-4-2-6-15(13)17/h3-4,6,8-9,12,17-18H,2,5,7,10-11H2,1H3;2*3,5,7,9,11-12,16,18H,2,4,6,8,10H2,1H3/t17-;2*16-/m000/s1. The normalized spacial score (nSPS) is 15.1. The van der Waals surface area contributed by atoms with E-state index < -0.39 is 0 Å². The van der Waals surface area contributed by atoms with E-state index in [0.717, 1.165) is 86.7 Å². The van der Waals surface area contributed by atoms with Crippen LogP contribution in [0.1, 0.15) is 107 Å². The van der Waals surface area contributed by atoms with Crippen LogP contribution in [-0.4, -0.2) is 40.8 Å². The predicted molar refractivity (Wildman–Crippen MR) is 243 cm³/mol. The Hall–Kier alpha value is -4.80. The maximum Gasteiger partial charge on any atom is 0.157 e. The van der Waals surface area contributed by atoms with Crippen LogP contribution in [0.4, 0.5) is 0 Å². The van der Waals surface area contributed by atoms with Gasteiger partial charge in [-0.25, -0.2) is 0 Å². The third-order valence-electron chi connectivity index (χ3n) is 11.8. The average molecular weight is 830 g/mol. The largest absolute Gasteiger partial charge is 0.485 e. The molecule has 3 aromatic heterocycles. The molecule has 60 heavy (non-hydrogen) atoms. The first kappa shape index (κ1) is 43.3. The van der Waals surface area contributed by atoms with Crippen LogP contribution in [0.3, 0.4) is 0 Å². The summed E-state index contributed by atoms with van der Waals surface area (Å²) < 4.78 is 29.7. The topological polar surface area (TPSA) is 90.1 Å². The Bertz CT molecular complexity index is 1890. The summed E-state index contributed by atoms with van der Waals surface area (Å²) in [4.78, 5) is 0. The van der Waals surface area contributed by atoms with Gasteiger partial charge in [-0.15, -0.1) is 0 Å². The van der Waals surface area contributed by atoms with Gasteiger partial charge in [-0.3, -0.25) is 0 Å². The van der Waals surface area contributed by atoms with Crippen LogP contribution in [-0.2, 0) is 38.5 Å². The fourth-order valence-electron chi connectivity index (χ4n) is 8.61. The fraction of sp³-hybridized carbons (Fsp3) is 0.412. The quantitative estimate of drug-likeness (QED) is 0.0789. The van der Waals surface area contributed by atoms with Crippen LogP contribution < -0.4 is 30.2 Å². The van der Waals surface area contributed by atoms with Crippen molar-refractivity contribution in [1.29, 1.82) is 0 Å². The molecule has 0 unspecified atom stereocenters. The summed E-state index contributed by atoms with van der Waals surface area (Å²) in [6.45, 7) is 2.79. The molecular weight excluding hydrogens is 767 g/mol. The molecule has 0 spiro atoms. The van der Waals surface area contributed by atoms with Crippen LogP contribution in [0, 0.1) is 0 Å². The lowest BCUT2D eigenvalue weighted by atomic mass is 10.1. The Labute approximate surface area is 361 Å². The highest BCUT2D eigenvalue weighted by Gasteiger charge is 2.23. The molecule has 0 saturated heterocycles. The average Bonchev–Trinajstić information content (AvgIpc) is 4.14. The third kappa shape index (κ3) is 11.5. The number of ether oxygens (including phenoxy) is 3. The zero-order valence-corrected chi connectivity index (χ0v) is 36.5. The Balaban J connectivity index is 0.000000136. The van der Waals surface area contributed by atoms with Crippen LogP contribution >= 0.6 is 11.3 Å². The van der Waals surface area contributed by atoms with Crippen molar-refractivity contribution in [3.05, 3.63) is 159 Å². The first-order valence-corrected chi connectivity index (χ1v) is 22.9. The molecule has 9 heteroatoms. The minimum atomic E-state index is -0.0236. The summed E-state index contributed by atoms with van der Waals surface area (Å²) in [5.74, 6) is 4.06. The van der Waals surface area contributed by atoms with Gasteiger partial charge in [0, 0.05) is 30.4 Å². The van der Waals surface area contributed by atoms with Crippen molar-refractivity contribution >= 4 is 11.3 Å². The summed E-state index contributed by atoms with van der Waals surface area (Å²) in [6, 6.07) is 27.4. The Morgan fingerprint density at radius 3 is 1.47 bits per heavy atom. The van der Waals surface area contributed by atoms with Gasteiger partial charge in [-0.1, -0.05) is 36.4 Å². The number of hydrogen-bond donors (Lipinski definition) is 3. The molecule has 0 bridgehead atoms. The Kier molecular flexibility index (Phi) is 16.4. The van der Waals surface area contributed by atoms with E-state index in [1.54, 1.807) is 30.1 Å². The molecule has 0 radical (unpaired) electrons. The van der Waals surface area contributed by atoms with Crippen LogP contribution in [0.2, 0.25) is 0 Å². The van der Waals surface area contributed by atoms with E-state index in [1.165, 1.54) is 77.5 Å². The van der Waals surface area contributed by atoms with E-state index in [0.29, 0.717) is 0 Å². The molecule has 0 saturated carbocycles. The molecule has 0 amide bonds. The van der Waals surface area contributed by atoms with Crippen molar-refractivity contribution in [1.82, 2.24) is 16.0 Å². The van der Waals surface area contributed by atoms with Crippen LogP contribution in [0.15, 0.2) is 117 Å². The van der Waals surface area contributed by atoms with Gasteiger partial charge in [-0.2, -0.15) is 11.3 Å². The number of fused-ring (bicyclic) bond motifs is 3. The van der Waals surface area contributed by atoms with Crippen LogP contribution in [0.25, 0.3) is 0 Å². The van der Waals surface area contributed by atoms with E-state index in [2.05, 4.69) is 87.4 Å². The monoisotopic (exact) mass is 829 g/mol. The summed E-state index contributed by atoms with van der Waals surface area (Å²) in [7, 11) is 5.91. The second-order valence-corrected chi connectivity index (χ2v) is 16.6. The summed E-state index contributed by atoms with van der Waals surface area (Å²) in [5.41, 5.74) is 11.0. The second kappa shape index (κ2) is 22.7. The van der Waals surface area contributed by atoms with Gasteiger partial charge in [0.1, 0.15) is 35.2 Å². The van der Waals surface area contributed by atoms with Crippen molar-refractivity contribution in [3.63, 3.8) is 0 Å². The molecule has 8 nitrogen and oxygen atoms in total. The van der Waals surface area contributed by atoms with E-state index in [-0.39, 0.29) is 18.3 Å². The van der Waals surface area contributed by atoms with Gasteiger partial charge < -0.3 is 39.0 Å².